The van der Waals surface area contributed by atoms with E-state index in [4.69, 9.17) is 21.1 Å². The van der Waals surface area contributed by atoms with Gasteiger partial charge < -0.3 is 9.47 Å². The van der Waals surface area contributed by atoms with Crippen molar-refractivity contribution in [1.29, 1.82) is 0 Å². The van der Waals surface area contributed by atoms with Crippen LogP contribution in [-0.4, -0.2) is 34.2 Å². The van der Waals surface area contributed by atoms with Gasteiger partial charge in [-0.1, -0.05) is 0 Å². The van der Waals surface area contributed by atoms with Gasteiger partial charge in [0.1, 0.15) is 0 Å². The molecule has 3 aromatic rings. The molecule has 0 aliphatic heterocycles. The molecule has 10 heteroatoms. The summed E-state index contributed by atoms with van der Waals surface area (Å²) in [6.45, 7) is 0. The summed E-state index contributed by atoms with van der Waals surface area (Å²) in [5.74, 6) is -0.976. The van der Waals surface area contributed by atoms with Crippen LogP contribution in [0.5, 0.6) is 17.4 Å². The number of nitrogens with zero attached hydrogens (tertiary/aromatic N) is 4. The molecule has 0 radical (unpaired) electrons. The molecule has 1 amide bonds. The van der Waals surface area contributed by atoms with Gasteiger partial charge in [-0.05, 0) is 47.5 Å². The average molecular weight is 402 g/mol. The maximum absolute atomic E-state index is 13.7. The maximum atomic E-state index is 13.7. The first-order chi connectivity index (χ1) is 13.6. The summed E-state index contributed by atoms with van der Waals surface area (Å²) in [4.78, 5) is 23.0. The number of methoxy groups -OCH3 is 1. The number of carbonyl (C=O) groups excluding carboxylic acids is 1. The van der Waals surface area contributed by atoms with Crippen molar-refractivity contribution < 1.29 is 18.7 Å². The van der Waals surface area contributed by atoms with Crippen LogP contribution in [0.3, 0.4) is 0 Å². The number of hydrogen-bond donors (Lipinski definition) is 1. The van der Waals surface area contributed by atoms with E-state index in [1.165, 1.54) is 19.5 Å². The molecule has 3 rings (SSSR count). The van der Waals surface area contributed by atoms with Crippen molar-refractivity contribution in [2.45, 2.75) is 0 Å². The summed E-state index contributed by atoms with van der Waals surface area (Å²) in [7, 11) is 1.43. The van der Waals surface area contributed by atoms with Crippen molar-refractivity contribution >= 4 is 23.7 Å². The third-order valence-electron chi connectivity index (χ3n) is 3.38. The van der Waals surface area contributed by atoms with Crippen LogP contribution in [-0.2, 0) is 0 Å². The van der Waals surface area contributed by atoms with Crippen LogP contribution in [0.1, 0.15) is 15.9 Å². The van der Waals surface area contributed by atoms with Crippen LogP contribution in [0.2, 0.25) is 5.28 Å². The van der Waals surface area contributed by atoms with E-state index in [0.29, 0.717) is 16.9 Å². The van der Waals surface area contributed by atoms with Gasteiger partial charge in [0.25, 0.3) is 11.8 Å². The number of amides is 1. The van der Waals surface area contributed by atoms with Crippen LogP contribution >= 0.6 is 11.6 Å². The van der Waals surface area contributed by atoms with Crippen molar-refractivity contribution in [3.05, 3.63) is 71.2 Å². The Kier molecular flexibility index (Phi) is 6.07. The second-order valence-corrected chi connectivity index (χ2v) is 5.58. The molecule has 0 unspecified atom stereocenters. The third kappa shape index (κ3) is 4.77. The predicted molar refractivity (Wildman–Crippen MR) is 99.4 cm³/mol. The van der Waals surface area contributed by atoms with E-state index in [0.717, 1.165) is 6.20 Å². The minimum Gasteiger partial charge on any atom is -0.493 e. The molecule has 0 bridgehead atoms. The lowest BCUT2D eigenvalue weighted by atomic mass is 10.2. The normalized spacial score (nSPS) is 10.7. The summed E-state index contributed by atoms with van der Waals surface area (Å²) in [6.07, 6.45) is 5.32. The first-order valence-electron chi connectivity index (χ1n) is 7.84. The Hall–Kier alpha value is -3.59. The van der Waals surface area contributed by atoms with Crippen LogP contribution in [0.25, 0.3) is 0 Å². The van der Waals surface area contributed by atoms with Crippen molar-refractivity contribution in [2.75, 3.05) is 7.11 Å². The van der Waals surface area contributed by atoms with E-state index >= 15 is 0 Å². The first kappa shape index (κ1) is 19.2. The van der Waals surface area contributed by atoms with Gasteiger partial charge in [-0.3, -0.25) is 9.78 Å². The van der Waals surface area contributed by atoms with E-state index in [1.54, 1.807) is 36.5 Å². The van der Waals surface area contributed by atoms with Crippen LogP contribution in [0, 0.1) is 5.82 Å². The third-order valence-corrected chi connectivity index (χ3v) is 3.56. The van der Waals surface area contributed by atoms with E-state index < -0.39 is 11.7 Å². The number of benzene rings is 1. The van der Waals surface area contributed by atoms with Gasteiger partial charge in [0, 0.05) is 12.4 Å². The van der Waals surface area contributed by atoms with E-state index in [9.17, 15) is 9.18 Å². The molecule has 8 nitrogen and oxygen atoms in total. The minimum atomic E-state index is -0.768. The van der Waals surface area contributed by atoms with Gasteiger partial charge in [-0.15, -0.1) is 0 Å². The predicted octanol–water partition coefficient (Wildman–Crippen LogP) is 3.23. The lowest BCUT2D eigenvalue weighted by Gasteiger charge is -2.10. The summed E-state index contributed by atoms with van der Waals surface area (Å²) >= 11 is 5.65. The fourth-order valence-corrected chi connectivity index (χ4v) is 2.21. The molecular weight excluding hydrogens is 389 g/mol. The van der Waals surface area contributed by atoms with Crippen molar-refractivity contribution in [1.82, 2.24) is 20.4 Å². The molecule has 0 fully saturated rings. The minimum absolute atomic E-state index is 0.150. The van der Waals surface area contributed by atoms with Gasteiger partial charge in [-0.25, -0.2) is 10.4 Å². The average Bonchev–Trinajstić information content (AvgIpc) is 2.72. The number of hydrazone groups is 1. The number of rotatable bonds is 6. The Morgan fingerprint density at radius 1 is 1.29 bits per heavy atom. The van der Waals surface area contributed by atoms with Gasteiger partial charge in [-0.2, -0.15) is 14.5 Å². The number of aromatic nitrogens is 3. The number of nitrogens with one attached hydrogen (secondary N) is 1. The largest absolute Gasteiger partial charge is 0.493 e. The molecule has 0 atom stereocenters. The molecule has 1 aromatic carbocycles. The Morgan fingerprint density at radius 2 is 2.14 bits per heavy atom. The van der Waals surface area contributed by atoms with E-state index in [-0.39, 0.29) is 16.9 Å². The summed E-state index contributed by atoms with van der Waals surface area (Å²) in [6, 6.07) is 8.04. The smallest absolute Gasteiger partial charge is 0.272 e. The molecule has 2 heterocycles. The highest BCUT2D eigenvalue weighted by Crippen LogP contribution is 2.32. The number of carbonyl (C=O) groups is 1. The van der Waals surface area contributed by atoms with Gasteiger partial charge in [0.2, 0.25) is 11.1 Å². The van der Waals surface area contributed by atoms with Gasteiger partial charge in [0.05, 0.1) is 25.1 Å². The van der Waals surface area contributed by atoms with Crippen molar-refractivity contribution in [2.24, 2.45) is 5.10 Å². The molecular formula is C18H13ClFN5O3. The number of ether oxygens (including phenoxy) is 2. The van der Waals surface area contributed by atoms with Crippen molar-refractivity contribution in [3.8, 4) is 17.4 Å². The molecule has 2 aromatic heterocycles. The number of hydrogen-bond acceptors (Lipinski definition) is 7. The molecule has 0 aliphatic rings. The lowest BCUT2D eigenvalue weighted by Crippen LogP contribution is -2.17. The second-order valence-electron chi connectivity index (χ2n) is 5.25. The molecule has 1 N–H and O–H groups in total. The van der Waals surface area contributed by atoms with Gasteiger partial charge >= 0.3 is 0 Å². The monoisotopic (exact) mass is 401 g/mol. The van der Waals surface area contributed by atoms with Crippen LogP contribution in [0.4, 0.5) is 4.39 Å². The molecule has 0 saturated heterocycles. The summed E-state index contributed by atoms with van der Waals surface area (Å²) in [5.41, 5.74) is 3.38. The highest BCUT2D eigenvalue weighted by atomic mass is 35.5. The Balaban J connectivity index is 1.72. The topological polar surface area (TPSA) is 98.6 Å². The molecule has 28 heavy (non-hydrogen) atoms. The fourth-order valence-electron chi connectivity index (χ4n) is 2.08. The molecule has 142 valence electrons. The highest BCUT2D eigenvalue weighted by Gasteiger charge is 2.12. The van der Waals surface area contributed by atoms with Crippen LogP contribution in [0.15, 0.2) is 54.0 Å². The molecule has 0 aliphatic carbocycles. The second kappa shape index (κ2) is 8.87. The molecule has 0 saturated carbocycles. The lowest BCUT2D eigenvalue weighted by molar-refractivity contribution is 0.0955. The van der Waals surface area contributed by atoms with Crippen LogP contribution < -0.4 is 14.9 Å². The highest BCUT2D eigenvalue weighted by molar-refractivity contribution is 6.28. The number of pyridine rings is 1. The van der Waals surface area contributed by atoms with Gasteiger partial charge in [0.15, 0.2) is 11.5 Å². The van der Waals surface area contributed by atoms with E-state index in [2.05, 4.69) is 25.5 Å². The van der Waals surface area contributed by atoms with E-state index in [1.807, 2.05) is 0 Å². The maximum Gasteiger partial charge on any atom is 0.272 e. The zero-order chi connectivity index (χ0) is 19.9. The Morgan fingerprint density at radius 3 is 2.89 bits per heavy atom. The summed E-state index contributed by atoms with van der Waals surface area (Å²) < 4.78 is 24.4. The zero-order valence-corrected chi connectivity index (χ0v) is 15.2. The first-order valence-corrected chi connectivity index (χ1v) is 8.22. The van der Waals surface area contributed by atoms with Crippen molar-refractivity contribution in [3.63, 3.8) is 0 Å². The molecule has 0 spiro atoms. The SMILES string of the molecule is COc1cc(/C=N\NC(=O)c2cccnc2)ccc1Oc1nc(Cl)ncc1F. The number of halogens is 2. The fraction of sp³-hybridized carbons (Fsp3) is 0.0556. The Bertz CT molecular complexity index is 1020. The standard InChI is InChI=1S/C18H13ClFN5O3/c1-27-15-7-11(8-23-25-16(26)12-3-2-6-21-9-12)4-5-14(15)28-17-13(20)10-22-18(19)24-17/h2-10H,1H3,(H,25,26)/b23-8-. The quantitative estimate of drug-likeness (QED) is 0.387. The Labute approximate surface area is 164 Å². The zero-order valence-electron chi connectivity index (χ0n) is 14.5. The summed E-state index contributed by atoms with van der Waals surface area (Å²) in [5, 5.41) is 3.74.